The lowest BCUT2D eigenvalue weighted by Crippen LogP contribution is -2.46. The standard InChI is InChI=1S/C26H26N6O/c1-2-33-23-10-8-22(9-11-23)32-18-21(16-27)24-25(32)26(29-19-28-24)31-14-12-30(13-15-31)17-20-6-4-3-5-7-20/h3-11,18-19H,2,12-15,17H2,1H3. The van der Waals surface area contributed by atoms with Crippen LogP contribution < -0.4 is 9.64 Å². The van der Waals surface area contributed by atoms with E-state index in [2.05, 4.69) is 56.2 Å². The van der Waals surface area contributed by atoms with Crippen LogP contribution in [0.4, 0.5) is 5.82 Å². The van der Waals surface area contributed by atoms with Crippen LogP contribution in [0.3, 0.4) is 0 Å². The molecule has 7 heteroatoms. The van der Waals surface area contributed by atoms with Gasteiger partial charge in [0.1, 0.15) is 29.2 Å². The van der Waals surface area contributed by atoms with Gasteiger partial charge in [-0.25, -0.2) is 9.97 Å². The van der Waals surface area contributed by atoms with Crippen molar-refractivity contribution < 1.29 is 4.74 Å². The Labute approximate surface area is 193 Å². The Morgan fingerprint density at radius 2 is 1.73 bits per heavy atom. The summed E-state index contributed by atoms with van der Waals surface area (Å²) >= 11 is 0. The molecular weight excluding hydrogens is 412 g/mol. The summed E-state index contributed by atoms with van der Waals surface area (Å²) in [5.41, 5.74) is 4.38. The zero-order chi connectivity index (χ0) is 22.6. The fourth-order valence-electron chi connectivity index (χ4n) is 4.39. The van der Waals surface area contributed by atoms with Crippen LogP contribution in [0.15, 0.2) is 67.1 Å². The van der Waals surface area contributed by atoms with Crippen molar-refractivity contribution in [1.82, 2.24) is 19.4 Å². The van der Waals surface area contributed by atoms with Gasteiger partial charge in [-0.3, -0.25) is 4.90 Å². The van der Waals surface area contributed by atoms with Gasteiger partial charge in [0.25, 0.3) is 0 Å². The highest BCUT2D eigenvalue weighted by molar-refractivity contribution is 5.92. The summed E-state index contributed by atoms with van der Waals surface area (Å²) in [4.78, 5) is 13.9. The Morgan fingerprint density at radius 3 is 2.42 bits per heavy atom. The fourth-order valence-corrected chi connectivity index (χ4v) is 4.39. The zero-order valence-corrected chi connectivity index (χ0v) is 18.7. The predicted octanol–water partition coefficient (Wildman–Crippen LogP) is 4.01. The molecule has 7 nitrogen and oxygen atoms in total. The molecule has 0 bridgehead atoms. The molecule has 2 aromatic heterocycles. The van der Waals surface area contributed by atoms with E-state index in [9.17, 15) is 5.26 Å². The van der Waals surface area contributed by atoms with E-state index < -0.39 is 0 Å². The predicted molar refractivity (Wildman–Crippen MR) is 129 cm³/mol. The fraction of sp³-hybridized carbons (Fsp3) is 0.269. The topological polar surface area (TPSA) is 70.2 Å². The summed E-state index contributed by atoms with van der Waals surface area (Å²) in [5, 5.41) is 9.72. The van der Waals surface area contributed by atoms with Crippen LogP contribution in [0.2, 0.25) is 0 Å². The Balaban J connectivity index is 1.44. The van der Waals surface area contributed by atoms with Crippen molar-refractivity contribution in [3.8, 4) is 17.5 Å². The number of hydrogen-bond acceptors (Lipinski definition) is 6. The summed E-state index contributed by atoms with van der Waals surface area (Å²) in [6, 6.07) is 20.8. The number of rotatable bonds is 6. The van der Waals surface area contributed by atoms with Crippen molar-refractivity contribution in [1.29, 1.82) is 5.26 Å². The first-order valence-electron chi connectivity index (χ1n) is 11.3. The van der Waals surface area contributed by atoms with Crippen LogP contribution >= 0.6 is 0 Å². The molecule has 0 unspecified atom stereocenters. The van der Waals surface area contributed by atoms with Gasteiger partial charge in [-0.05, 0) is 36.8 Å². The third-order valence-electron chi connectivity index (χ3n) is 6.02. The van der Waals surface area contributed by atoms with Crippen LogP contribution in [-0.2, 0) is 6.54 Å². The molecule has 1 aliphatic heterocycles. The Kier molecular flexibility index (Phi) is 5.92. The SMILES string of the molecule is CCOc1ccc(-n2cc(C#N)c3ncnc(N4CCN(Cc5ccccc5)CC4)c32)cc1. The van der Waals surface area contributed by atoms with Crippen LogP contribution in [0.1, 0.15) is 18.1 Å². The lowest BCUT2D eigenvalue weighted by atomic mass is 10.2. The first kappa shape index (κ1) is 21.0. The molecule has 0 radical (unpaired) electrons. The minimum atomic E-state index is 0.547. The smallest absolute Gasteiger partial charge is 0.157 e. The second-order valence-electron chi connectivity index (χ2n) is 8.09. The maximum Gasteiger partial charge on any atom is 0.157 e. The Morgan fingerprint density at radius 1 is 0.970 bits per heavy atom. The molecule has 1 aliphatic rings. The molecule has 0 saturated carbocycles. The first-order valence-corrected chi connectivity index (χ1v) is 11.3. The molecule has 0 amide bonds. The van der Waals surface area contributed by atoms with E-state index in [0.717, 1.165) is 55.5 Å². The average Bonchev–Trinajstić information content (AvgIpc) is 3.25. The van der Waals surface area contributed by atoms with Gasteiger partial charge < -0.3 is 14.2 Å². The molecule has 1 fully saturated rings. The summed E-state index contributed by atoms with van der Waals surface area (Å²) in [5.74, 6) is 1.69. The monoisotopic (exact) mass is 438 g/mol. The van der Waals surface area contributed by atoms with E-state index in [1.165, 1.54) is 5.56 Å². The second kappa shape index (κ2) is 9.31. The molecule has 2 aromatic carbocycles. The van der Waals surface area contributed by atoms with Crippen molar-refractivity contribution in [3.05, 3.63) is 78.2 Å². The van der Waals surface area contributed by atoms with Gasteiger partial charge in [-0.15, -0.1) is 0 Å². The molecule has 0 atom stereocenters. The van der Waals surface area contributed by atoms with Crippen LogP contribution in [0, 0.1) is 11.3 Å². The molecule has 5 rings (SSSR count). The lowest BCUT2D eigenvalue weighted by molar-refractivity contribution is 0.249. The molecule has 4 aromatic rings. The van der Waals surface area contributed by atoms with E-state index in [-0.39, 0.29) is 0 Å². The number of ether oxygens (including phenoxy) is 1. The molecule has 0 spiro atoms. The largest absolute Gasteiger partial charge is 0.494 e. The van der Waals surface area contributed by atoms with Gasteiger partial charge in [0.05, 0.1) is 12.2 Å². The molecular formula is C26H26N6O. The van der Waals surface area contributed by atoms with Gasteiger partial charge in [0.15, 0.2) is 5.82 Å². The van der Waals surface area contributed by atoms with Crippen LogP contribution in [0.25, 0.3) is 16.7 Å². The molecule has 33 heavy (non-hydrogen) atoms. The zero-order valence-electron chi connectivity index (χ0n) is 18.7. The van der Waals surface area contributed by atoms with Crippen molar-refractivity contribution in [3.63, 3.8) is 0 Å². The van der Waals surface area contributed by atoms with Crippen molar-refractivity contribution >= 4 is 16.9 Å². The highest BCUT2D eigenvalue weighted by Crippen LogP contribution is 2.31. The number of benzene rings is 2. The van der Waals surface area contributed by atoms with Gasteiger partial charge in [-0.1, -0.05) is 30.3 Å². The molecule has 0 aliphatic carbocycles. The van der Waals surface area contributed by atoms with E-state index in [4.69, 9.17) is 4.74 Å². The number of anilines is 1. The minimum Gasteiger partial charge on any atom is -0.494 e. The summed E-state index contributed by atoms with van der Waals surface area (Å²) in [6.45, 7) is 7.19. The average molecular weight is 439 g/mol. The summed E-state index contributed by atoms with van der Waals surface area (Å²) in [7, 11) is 0. The highest BCUT2D eigenvalue weighted by Gasteiger charge is 2.23. The number of piperazine rings is 1. The highest BCUT2D eigenvalue weighted by atomic mass is 16.5. The van der Waals surface area contributed by atoms with E-state index in [1.54, 1.807) is 6.33 Å². The maximum absolute atomic E-state index is 9.72. The Hall–Kier alpha value is -3.89. The van der Waals surface area contributed by atoms with Gasteiger partial charge in [-0.2, -0.15) is 5.26 Å². The minimum absolute atomic E-state index is 0.547. The van der Waals surface area contributed by atoms with Gasteiger partial charge in [0.2, 0.25) is 0 Å². The number of hydrogen-bond donors (Lipinski definition) is 0. The van der Waals surface area contributed by atoms with Gasteiger partial charge in [0, 0.05) is 44.6 Å². The first-order chi connectivity index (χ1) is 16.3. The number of nitriles is 1. The third kappa shape index (κ3) is 4.26. The third-order valence-corrected chi connectivity index (χ3v) is 6.02. The maximum atomic E-state index is 9.72. The van der Waals surface area contributed by atoms with E-state index >= 15 is 0 Å². The molecule has 166 valence electrons. The van der Waals surface area contributed by atoms with Crippen LogP contribution in [-0.4, -0.2) is 52.2 Å². The quantitative estimate of drug-likeness (QED) is 0.453. The Bertz CT molecular complexity index is 1270. The number of fused-ring (bicyclic) bond motifs is 1. The van der Waals surface area contributed by atoms with Crippen LogP contribution in [0.5, 0.6) is 5.75 Å². The molecule has 1 saturated heterocycles. The van der Waals surface area contributed by atoms with Gasteiger partial charge >= 0.3 is 0 Å². The van der Waals surface area contributed by atoms with Crippen molar-refractivity contribution in [2.24, 2.45) is 0 Å². The summed E-state index contributed by atoms with van der Waals surface area (Å²) in [6.07, 6.45) is 3.42. The lowest BCUT2D eigenvalue weighted by Gasteiger charge is -2.35. The normalized spacial score (nSPS) is 14.4. The number of nitrogens with zero attached hydrogens (tertiary/aromatic N) is 6. The summed E-state index contributed by atoms with van der Waals surface area (Å²) < 4.78 is 7.61. The molecule has 0 N–H and O–H groups in total. The van der Waals surface area contributed by atoms with Crippen molar-refractivity contribution in [2.45, 2.75) is 13.5 Å². The van der Waals surface area contributed by atoms with E-state index in [0.29, 0.717) is 17.7 Å². The number of aromatic nitrogens is 3. The van der Waals surface area contributed by atoms with E-state index in [1.807, 2.05) is 42.0 Å². The molecule has 3 heterocycles. The van der Waals surface area contributed by atoms with Crippen molar-refractivity contribution in [2.75, 3.05) is 37.7 Å². The second-order valence-corrected chi connectivity index (χ2v) is 8.09.